The van der Waals surface area contributed by atoms with E-state index in [0.717, 1.165) is 10.2 Å². The summed E-state index contributed by atoms with van der Waals surface area (Å²) in [5, 5.41) is 4.06. The molecule has 0 unspecified atom stereocenters. The highest BCUT2D eigenvalue weighted by atomic mass is 79.9. The zero-order valence-corrected chi connectivity index (χ0v) is 13.8. The zero-order chi connectivity index (χ0) is 14.5. The second-order valence-electron chi connectivity index (χ2n) is 3.88. The fourth-order valence-electron chi connectivity index (χ4n) is 1.52. The summed E-state index contributed by atoms with van der Waals surface area (Å²) in [6, 6.07) is 7.15. The lowest BCUT2D eigenvalue weighted by atomic mass is 10.3. The molecule has 0 aliphatic heterocycles. The molecule has 0 atom stereocenters. The molecule has 0 saturated heterocycles. The van der Waals surface area contributed by atoms with Gasteiger partial charge in [0.15, 0.2) is 5.82 Å². The minimum atomic E-state index is 0.317. The first-order chi connectivity index (χ1) is 9.58. The number of nitrogens with zero attached hydrogens (tertiary/aromatic N) is 2. The van der Waals surface area contributed by atoms with Crippen molar-refractivity contribution in [3.8, 4) is 0 Å². The third-order valence-corrected chi connectivity index (χ3v) is 3.38. The van der Waals surface area contributed by atoms with Gasteiger partial charge in [0, 0.05) is 17.1 Å². The molecular weight excluding hydrogens is 365 g/mol. The third-order valence-electron chi connectivity index (χ3n) is 2.37. The summed E-state index contributed by atoms with van der Waals surface area (Å²) in [6.45, 7) is 2.82. The summed E-state index contributed by atoms with van der Waals surface area (Å²) < 4.78 is 6.19. The summed E-state index contributed by atoms with van der Waals surface area (Å²) in [5.74, 6) is 1.09. The lowest BCUT2D eigenvalue weighted by Gasteiger charge is -2.10. The number of halogens is 3. The fourth-order valence-corrected chi connectivity index (χ4v) is 2.24. The van der Waals surface area contributed by atoms with Crippen molar-refractivity contribution >= 4 is 50.6 Å². The molecule has 20 heavy (non-hydrogen) atoms. The van der Waals surface area contributed by atoms with Crippen molar-refractivity contribution in [2.24, 2.45) is 0 Å². The van der Waals surface area contributed by atoms with Gasteiger partial charge in [0.2, 0.25) is 0 Å². The summed E-state index contributed by atoms with van der Waals surface area (Å²) in [7, 11) is 0. The van der Waals surface area contributed by atoms with E-state index in [1.807, 2.05) is 19.1 Å². The Bertz CT molecular complexity index is 610. The van der Waals surface area contributed by atoms with Crippen LogP contribution in [0.1, 0.15) is 12.7 Å². The predicted molar refractivity (Wildman–Crippen MR) is 84.8 cm³/mol. The molecule has 0 radical (unpaired) electrons. The topological polar surface area (TPSA) is 47.0 Å². The summed E-state index contributed by atoms with van der Waals surface area (Å²) in [6.07, 6.45) is 0. The number of nitrogens with one attached hydrogen (secondary N) is 1. The molecule has 2 rings (SSSR count). The molecular formula is C13H12BrCl2N3O. The first-order valence-electron chi connectivity index (χ1n) is 5.91. The van der Waals surface area contributed by atoms with Gasteiger partial charge < -0.3 is 10.1 Å². The Morgan fingerprint density at radius 3 is 2.80 bits per heavy atom. The molecule has 0 spiro atoms. The quantitative estimate of drug-likeness (QED) is 0.759. The van der Waals surface area contributed by atoms with Crippen LogP contribution in [0.2, 0.25) is 10.2 Å². The first kappa shape index (κ1) is 15.5. The van der Waals surface area contributed by atoms with E-state index in [-0.39, 0.29) is 0 Å². The number of benzene rings is 1. The highest BCUT2D eigenvalue weighted by Gasteiger charge is 2.06. The molecule has 1 aromatic carbocycles. The largest absolute Gasteiger partial charge is 0.374 e. The van der Waals surface area contributed by atoms with E-state index in [2.05, 4.69) is 31.2 Å². The number of hydrogen-bond donors (Lipinski definition) is 1. The van der Waals surface area contributed by atoms with Gasteiger partial charge in [-0.2, -0.15) is 0 Å². The summed E-state index contributed by atoms with van der Waals surface area (Å²) in [4.78, 5) is 8.43. The van der Waals surface area contributed by atoms with Crippen LogP contribution >= 0.6 is 39.1 Å². The van der Waals surface area contributed by atoms with Crippen LogP contribution in [0, 0.1) is 0 Å². The van der Waals surface area contributed by atoms with Crippen molar-refractivity contribution in [2.75, 3.05) is 11.9 Å². The van der Waals surface area contributed by atoms with Crippen molar-refractivity contribution in [3.05, 3.63) is 44.7 Å². The molecule has 0 fully saturated rings. The molecule has 0 amide bonds. The van der Waals surface area contributed by atoms with Crippen LogP contribution < -0.4 is 5.32 Å². The van der Waals surface area contributed by atoms with Crippen molar-refractivity contribution in [1.82, 2.24) is 9.97 Å². The highest BCUT2D eigenvalue weighted by Crippen LogP contribution is 2.28. The van der Waals surface area contributed by atoms with E-state index >= 15 is 0 Å². The van der Waals surface area contributed by atoms with Crippen molar-refractivity contribution in [1.29, 1.82) is 0 Å². The summed E-state index contributed by atoms with van der Waals surface area (Å²) in [5.41, 5.74) is 0.734. The van der Waals surface area contributed by atoms with Crippen LogP contribution in [0.5, 0.6) is 0 Å². The zero-order valence-electron chi connectivity index (χ0n) is 10.7. The lowest BCUT2D eigenvalue weighted by molar-refractivity contribution is 0.128. The van der Waals surface area contributed by atoms with Gasteiger partial charge in [-0.15, -0.1) is 0 Å². The average Bonchev–Trinajstić information content (AvgIpc) is 2.40. The van der Waals surface area contributed by atoms with Crippen LogP contribution in [0.15, 0.2) is 28.7 Å². The third kappa shape index (κ3) is 4.31. The SMILES string of the molecule is CCOCc1nc(Cl)cc(Nc2cc(Br)ccc2Cl)n1. The fraction of sp³-hybridized carbons (Fsp3) is 0.231. The highest BCUT2D eigenvalue weighted by molar-refractivity contribution is 9.10. The van der Waals surface area contributed by atoms with E-state index in [1.54, 1.807) is 12.1 Å². The van der Waals surface area contributed by atoms with E-state index in [9.17, 15) is 0 Å². The molecule has 1 aromatic heterocycles. The van der Waals surface area contributed by atoms with Crippen LogP contribution in [-0.2, 0) is 11.3 Å². The monoisotopic (exact) mass is 375 g/mol. The van der Waals surface area contributed by atoms with Gasteiger partial charge in [-0.05, 0) is 25.1 Å². The van der Waals surface area contributed by atoms with E-state index in [4.69, 9.17) is 27.9 Å². The Kier molecular flexibility index (Phi) is 5.60. The maximum absolute atomic E-state index is 6.12. The predicted octanol–water partition coefficient (Wildman–Crippen LogP) is 4.83. The number of hydrogen-bond acceptors (Lipinski definition) is 4. The van der Waals surface area contributed by atoms with Crippen LogP contribution in [0.25, 0.3) is 0 Å². The van der Waals surface area contributed by atoms with Crippen molar-refractivity contribution in [3.63, 3.8) is 0 Å². The van der Waals surface area contributed by atoms with Gasteiger partial charge in [-0.1, -0.05) is 39.1 Å². The van der Waals surface area contributed by atoms with E-state index in [1.165, 1.54) is 0 Å². The number of rotatable bonds is 5. The standard InChI is InChI=1S/C13H12BrCl2N3O/c1-2-20-7-13-18-11(16)6-12(19-13)17-10-5-8(14)3-4-9(10)15/h3-6H,2,7H2,1H3,(H,17,18,19). The number of aromatic nitrogens is 2. The van der Waals surface area contributed by atoms with E-state index < -0.39 is 0 Å². The van der Waals surface area contributed by atoms with Crippen molar-refractivity contribution < 1.29 is 4.74 Å². The Morgan fingerprint density at radius 2 is 2.05 bits per heavy atom. The second kappa shape index (κ2) is 7.22. The molecule has 106 valence electrons. The van der Waals surface area contributed by atoms with Crippen LogP contribution in [-0.4, -0.2) is 16.6 Å². The average molecular weight is 377 g/mol. The van der Waals surface area contributed by atoms with Gasteiger partial charge in [-0.25, -0.2) is 9.97 Å². The maximum Gasteiger partial charge on any atom is 0.158 e. The Balaban J connectivity index is 2.24. The Hall–Kier alpha value is -0.880. The van der Waals surface area contributed by atoms with Gasteiger partial charge in [0.25, 0.3) is 0 Å². The molecule has 0 aliphatic rings. The molecule has 1 heterocycles. The lowest BCUT2D eigenvalue weighted by Crippen LogP contribution is -2.03. The van der Waals surface area contributed by atoms with Gasteiger partial charge in [-0.3, -0.25) is 0 Å². The number of ether oxygens (including phenoxy) is 1. The van der Waals surface area contributed by atoms with Gasteiger partial charge in [0.1, 0.15) is 17.6 Å². The molecule has 0 bridgehead atoms. The number of anilines is 2. The molecule has 0 saturated carbocycles. The van der Waals surface area contributed by atoms with Gasteiger partial charge >= 0.3 is 0 Å². The normalized spacial score (nSPS) is 10.6. The molecule has 0 aliphatic carbocycles. The molecule has 7 heteroatoms. The molecule has 1 N–H and O–H groups in total. The minimum absolute atomic E-state index is 0.317. The Labute approximate surface area is 135 Å². The maximum atomic E-state index is 6.12. The summed E-state index contributed by atoms with van der Waals surface area (Å²) >= 11 is 15.5. The second-order valence-corrected chi connectivity index (χ2v) is 5.59. The van der Waals surface area contributed by atoms with Crippen LogP contribution in [0.3, 0.4) is 0 Å². The Morgan fingerprint density at radius 1 is 1.25 bits per heavy atom. The van der Waals surface area contributed by atoms with Crippen molar-refractivity contribution in [2.45, 2.75) is 13.5 Å². The molecule has 2 aromatic rings. The minimum Gasteiger partial charge on any atom is -0.374 e. The first-order valence-corrected chi connectivity index (χ1v) is 7.46. The van der Waals surface area contributed by atoms with Crippen LogP contribution in [0.4, 0.5) is 11.5 Å². The smallest absolute Gasteiger partial charge is 0.158 e. The molecule has 4 nitrogen and oxygen atoms in total. The van der Waals surface area contributed by atoms with Gasteiger partial charge in [0.05, 0.1) is 10.7 Å². The van der Waals surface area contributed by atoms with E-state index in [0.29, 0.717) is 35.0 Å².